The van der Waals surface area contributed by atoms with Gasteiger partial charge in [0, 0.05) is 19.5 Å². The molecule has 2 aromatic carbocycles. The molecule has 3 aromatic rings. The minimum Gasteiger partial charge on any atom is -0.484 e. The molecule has 0 aliphatic carbocycles. The number of likely N-dealkylation sites (tertiary alicyclic amines) is 1. The molecule has 0 bridgehead atoms. The van der Waals surface area contributed by atoms with Crippen LogP contribution in [0.1, 0.15) is 41.5 Å². The molecule has 1 aromatic heterocycles. The maximum atomic E-state index is 13.1. The fraction of sp³-hybridized carbons (Fsp3) is 0.333. The molecule has 1 aliphatic heterocycles. The molecule has 30 heavy (non-hydrogen) atoms. The number of halogens is 1. The summed E-state index contributed by atoms with van der Waals surface area (Å²) >= 11 is 0. The van der Waals surface area contributed by atoms with Crippen molar-refractivity contribution in [2.75, 3.05) is 19.7 Å². The summed E-state index contributed by atoms with van der Waals surface area (Å²) in [5.41, 5.74) is 1.98. The zero-order valence-corrected chi connectivity index (χ0v) is 17.0. The molecule has 0 saturated carbocycles. The molecule has 1 aliphatic rings. The van der Waals surface area contributed by atoms with Crippen molar-refractivity contribution in [2.45, 2.75) is 32.1 Å². The molecule has 6 heteroatoms. The fourth-order valence-electron chi connectivity index (χ4n) is 3.75. The molecule has 0 unspecified atom stereocenters. The molecule has 1 saturated heterocycles. The lowest BCUT2D eigenvalue weighted by atomic mass is 9.98. The second-order valence-corrected chi connectivity index (χ2v) is 7.70. The molecule has 1 fully saturated rings. The average molecular weight is 408 g/mol. The third-order valence-electron chi connectivity index (χ3n) is 5.43. The normalized spacial score (nSPS) is 16.5. The summed E-state index contributed by atoms with van der Waals surface area (Å²) in [6.45, 7) is 3.28. The number of carbonyl (C=O) groups is 1. The van der Waals surface area contributed by atoms with E-state index in [2.05, 4.69) is 4.98 Å². The Labute approximate surface area is 175 Å². The minimum absolute atomic E-state index is 0.0268. The summed E-state index contributed by atoms with van der Waals surface area (Å²) < 4.78 is 24.7. The molecule has 1 amide bonds. The van der Waals surface area contributed by atoms with Gasteiger partial charge in [0.1, 0.15) is 17.3 Å². The van der Waals surface area contributed by atoms with Gasteiger partial charge in [-0.2, -0.15) is 0 Å². The Morgan fingerprint density at radius 3 is 2.83 bits per heavy atom. The van der Waals surface area contributed by atoms with Gasteiger partial charge in [-0.1, -0.05) is 30.3 Å². The molecule has 1 atom stereocenters. The first-order valence-electron chi connectivity index (χ1n) is 10.2. The van der Waals surface area contributed by atoms with Crippen molar-refractivity contribution in [2.24, 2.45) is 0 Å². The molecular weight excluding hydrogens is 383 g/mol. The number of amides is 1. The molecule has 5 nitrogen and oxygen atoms in total. The van der Waals surface area contributed by atoms with Crippen LogP contribution in [-0.4, -0.2) is 35.5 Å². The van der Waals surface area contributed by atoms with Gasteiger partial charge < -0.3 is 14.1 Å². The molecule has 0 spiro atoms. The topological polar surface area (TPSA) is 55.6 Å². The zero-order valence-electron chi connectivity index (χ0n) is 17.0. The quantitative estimate of drug-likeness (QED) is 0.603. The van der Waals surface area contributed by atoms with Crippen LogP contribution in [0.4, 0.5) is 4.39 Å². The number of hydrogen-bond donors (Lipinski definition) is 0. The van der Waals surface area contributed by atoms with Crippen molar-refractivity contribution in [3.63, 3.8) is 0 Å². The van der Waals surface area contributed by atoms with Crippen LogP contribution < -0.4 is 4.74 Å². The van der Waals surface area contributed by atoms with Crippen molar-refractivity contribution in [3.8, 4) is 5.75 Å². The SMILES string of the molecule is Cc1ccccc1OCC(=O)N1CCC[C@H](c2ncc(Cc3ccc(F)cc3)o2)C1. The van der Waals surface area contributed by atoms with Crippen molar-refractivity contribution in [1.82, 2.24) is 9.88 Å². The second kappa shape index (κ2) is 9.11. The highest BCUT2D eigenvalue weighted by Gasteiger charge is 2.28. The molecule has 156 valence electrons. The lowest BCUT2D eigenvalue weighted by Gasteiger charge is -2.31. The van der Waals surface area contributed by atoms with E-state index in [9.17, 15) is 9.18 Å². The first-order valence-corrected chi connectivity index (χ1v) is 10.2. The predicted octanol–water partition coefficient (Wildman–Crippen LogP) is 4.50. The van der Waals surface area contributed by atoms with Crippen LogP contribution in [0.3, 0.4) is 0 Å². The molecule has 4 rings (SSSR count). The zero-order chi connectivity index (χ0) is 20.9. The van der Waals surface area contributed by atoms with E-state index in [0.717, 1.165) is 42.0 Å². The smallest absolute Gasteiger partial charge is 0.260 e. The lowest BCUT2D eigenvalue weighted by molar-refractivity contribution is -0.134. The van der Waals surface area contributed by atoms with E-state index in [1.165, 1.54) is 12.1 Å². The number of nitrogens with zero attached hydrogens (tertiary/aromatic N) is 2. The van der Waals surface area contributed by atoms with Crippen LogP contribution in [0.2, 0.25) is 0 Å². The van der Waals surface area contributed by atoms with E-state index in [-0.39, 0.29) is 24.2 Å². The summed E-state index contributed by atoms with van der Waals surface area (Å²) in [4.78, 5) is 18.9. The highest BCUT2D eigenvalue weighted by atomic mass is 19.1. The maximum absolute atomic E-state index is 13.1. The van der Waals surface area contributed by atoms with Gasteiger partial charge in [0.05, 0.1) is 12.1 Å². The van der Waals surface area contributed by atoms with Crippen LogP contribution in [0.25, 0.3) is 0 Å². The van der Waals surface area contributed by atoms with Gasteiger partial charge in [-0.3, -0.25) is 4.79 Å². The standard InChI is InChI=1S/C24H25FN2O3/c1-17-5-2-3-7-22(17)29-16-23(28)27-12-4-6-19(15-27)24-26-14-21(30-24)13-18-8-10-20(25)11-9-18/h2-3,5,7-11,14,19H,4,6,12-13,15-16H2,1H3/t19-/m0/s1. The van der Waals surface area contributed by atoms with Gasteiger partial charge in [0.15, 0.2) is 12.5 Å². The Hall–Kier alpha value is -3.15. The Morgan fingerprint density at radius 1 is 1.23 bits per heavy atom. The first kappa shape index (κ1) is 20.1. The summed E-state index contributed by atoms with van der Waals surface area (Å²) in [5, 5.41) is 0. The molecule has 2 heterocycles. The number of oxazole rings is 1. The summed E-state index contributed by atoms with van der Waals surface area (Å²) in [7, 11) is 0. The van der Waals surface area contributed by atoms with E-state index in [1.54, 1.807) is 18.3 Å². The van der Waals surface area contributed by atoms with Gasteiger partial charge >= 0.3 is 0 Å². The van der Waals surface area contributed by atoms with Crippen LogP contribution >= 0.6 is 0 Å². The monoisotopic (exact) mass is 408 g/mol. The van der Waals surface area contributed by atoms with E-state index < -0.39 is 0 Å². The summed E-state index contributed by atoms with van der Waals surface area (Å²) in [6, 6.07) is 14.0. The number of benzene rings is 2. The Balaban J connectivity index is 1.34. The highest BCUT2D eigenvalue weighted by molar-refractivity contribution is 5.78. The van der Waals surface area contributed by atoms with E-state index >= 15 is 0 Å². The van der Waals surface area contributed by atoms with Gasteiger partial charge in [0.2, 0.25) is 0 Å². The number of aryl methyl sites for hydroxylation is 1. The van der Waals surface area contributed by atoms with Gasteiger partial charge in [-0.25, -0.2) is 9.37 Å². The predicted molar refractivity (Wildman–Crippen MR) is 111 cm³/mol. The Kier molecular flexibility index (Phi) is 6.12. The summed E-state index contributed by atoms with van der Waals surface area (Å²) in [6.07, 6.45) is 4.11. The van der Waals surface area contributed by atoms with Crippen LogP contribution in [0, 0.1) is 12.7 Å². The van der Waals surface area contributed by atoms with Crippen LogP contribution in [-0.2, 0) is 11.2 Å². The summed E-state index contributed by atoms with van der Waals surface area (Å²) in [5.74, 6) is 1.92. The third-order valence-corrected chi connectivity index (χ3v) is 5.43. The lowest BCUT2D eigenvalue weighted by Crippen LogP contribution is -2.41. The highest BCUT2D eigenvalue weighted by Crippen LogP contribution is 2.27. The minimum atomic E-state index is -0.254. The Morgan fingerprint density at radius 2 is 2.03 bits per heavy atom. The van der Waals surface area contributed by atoms with Gasteiger partial charge in [-0.05, 0) is 49.1 Å². The Bertz CT molecular complexity index is 1000. The van der Waals surface area contributed by atoms with E-state index in [4.69, 9.17) is 9.15 Å². The van der Waals surface area contributed by atoms with Crippen molar-refractivity contribution < 1.29 is 18.3 Å². The second-order valence-electron chi connectivity index (χ2n) is 7.70. The number of aromatic nitrogens is 1. The number of rotatable bonds is 6. The molecular formula is C24H25FN2O3. The largest absolute Gasteiger partial charge is 0.484 e. The fourth-order valence-corrected chi connectivity index (χ4v) is 3.75. The molecule has 0 N–H and O–H groups in total. The third kappa shape index (κ3) is 4.87. The van der Waals surface area contributed by atoms with Crippen molar-refractivity contribution >= 4 is 5.91 Å². The van der Waals surface area contributed by atoms with Gasteiger partial charge in [-0.15, -0.1) is 0 Å². The van der Waals surface area contributed by atoms with Crippen molar-refractivity contribution in [3.05, 3.63) is 83.3 Å². The number of piperidine rings is 1. The molecule has 0 radical (unpaired) electrons. The van der Waals surface area contributed by atoms with Crippen molar-refractivity contribution in [1.29, 1.82) is 0 Å². The number of carbonyl (C=O) groups excluding carboxylic acids is 1. The number of ether oxygens (including phenoxy) is 1. The average Bonchev–Trinajstić information content (AvgIpc) is 3.23. The number of hydrogen-bond acceptors (Lipinski definition) is 4. The maximum Gasteiger partial charge on any atom is 0.260 e. The van der Waals surface area contributed by atoms with Crippen LogP contribution in [0.5, 0.6) is 5.75 Å². The van der Waals surface area contributed by atoms with Gasteiger partial charge in [0.25, 0.3) is 5.91 Å². The van der Waals surface area contributed by atoms with Crippen LogP contribution in [0.15, 0.2) is 59.1 Å². The van der Waals surface area contributed by atoms with E-state index in [1.807, 2.05) is 36.1 Å². The van der Waals surface area contributed by atoms with E-state index in [0.29, 0.717) is 18.9 Å². The number of para-hydroxylation sites is 1. The first-order chi connectivity index (χ1) is 14.6.